The van der Waals surface area contributed by atoms with Crippen LogP contribution in [0.2, 0.25) is 0 Å². The summed E-state index contributed by atoms with van der Waals surface area (Å²) in [4.78, 5) is 4.84. The van der Waals surface area contributed by atoms with Crippen LogP contribution < -0.4 is 4.90 Å². The molecule has 0 atom stereocenters. The molecule has 1 aliphatic carbocycles. The van der Waals surface area contributed by atoms with E-state index < -0.39 is 0 Å². The van der Waals surface area contributed by atoms with Gasteiger partial charge in [0.1, 0.15) is 5.82 Å². The fraction of sp³-hybridized carbons (Fsp3) is 0.556. The van der Waals surface area contributed by atoms with Gasteiger partial charge in [0.2, 0.25) is 0 Å². The maximum atomic E-state index is 4.40. The molecule has 2 nitrogen and oxygen atoms in total. The number of nitrogens with zero attached hydrogens (tertiary/aromatic N) is 2. The summed E-state index contributed by atoms with van der Waals surface area (Å²) in [6, 6.07) is 11.4. The minimum atomic E-state index is 0.610. The van der Waals surface area contributed by atoms with Crippen LogP contribution in [-0.4, -0.2) is 24.0 Å². The third-order valence-corrected chi connectivity index (χ3v) is 4.38. The van der Waals surface area contributed by atoms with Gasteiger partial charge in [-0.3, -0.25) is 0 Å². The van der Waals surface area contributed by atoms with Crippen LogP contribution in [0.3, 0.4) is 0 Å². The van der Waals surface area contributed by atoms with E-state index in [1.54, 1.807) is 0 Å². The van der Waals surface area contributed by atoms with Gasteiger partial charge in [-0.25, -0.2) is 0 Å². The summed E-state index contributed by atoms with van der Waals surface area (Å²) in [5.74, 6) is 1.16. The number of benzene rings is 1. The van der Waals surface area contributed by atoms with Crippen molar-refractivity contribution in [2.75, 3.05) is 18.0 Å². The Morgan fingerprint density at radius 1 is 1.05 bits per heavy atom. The molecule has 0 radical (unpaired) electrons. The van der Waals surface area contributed by atoms with Crippen molar-refractivity contribution in [3.05, 3.63) is 42.7 Å². The van der Waals surface area contributed by atoms with Crippen molar-refractivity contribution < 1.29 is 0 Å². The lowest BCUT2D eigenvalue weighted by Gasteiger charge is -2.41. The molecule has 1 aliphatic rings. The predicted molar refractivity (Wildman–Crippen MR) is 87.9 cm³/mol. The standard InChI is InChI=1S/C18H28N2/c1-4-19(5-2)16(3)20(17-12-8-6-9-13-17)18-14-10-7-11-15-18/h6,8-9,12-13,18H,3-5,7,10-11,14-15H2,1-2H3. The molecule has 0 saturated heterocycles. The normalized spacial score (nSPS) is 15.9. The first-order valence-corrected chi connectivity index (χ1v) is 8.06. The molecular formula is C18H28N2. The molecule has 0 amide bonds. The van der Waals surface area contributed by atoms with Crippen LogP contribution in [0.15, 0.2) is 42.7 Å². The summed E-state index contributed by atoms with van der Waals surface area (Å²) >= 11 is 0. The smallest absolute Gasteiger partial charge is 0.101 e. The van der Waals surface area contributed by atoms with Gasteiger partial charge >= 0.3 is 0 Å². The minimum absolute atomic E-state index is 0.610. The molecule has 0 aromatic heterocycles. The summed E-state index contributed by atoms with van der Waals surface area (Å²) in [5.41, 5.74) is 1.29. The number of anilines is 1. The Balaban J connectivity index is 2.26. The largest absolute Gasteiger partial charge is 0.359 e. The summed E-state index contributed by atoms with van der Waals surface area (Å²) in [7, 11) is 0. The first-order chi connectivity index (χ1) is 9.77. The van der Waals surface area contributed by atoms with Gasteiger partial charge in [-0.1, -0.05) is 44.0 Å². The van der Waals surface area contributed by atoms with E-state index in [0.29, 0.717) is 6.04 Å². The molecule has 0 unspecified atom stereocenters. The first kappa shape index (κ1) is 15.0. The summed E-state index contributed by atoms with van der Waals surface area (Å²) in [6.45, 7) is 10.9. The van der Waals surface area contributed by atoms with Crippen molar-refractivity contribution in [3.8, 4) is 0 Å². The SMILES string of the molecule is C=C(N(CC)CC)N(c1ccccc1)C1CCCCC1. The van der Waals surface area contributed by atoms with E-state index >= 15 is 0 Å². The zero-order valence-electron chi connectivity index (χ0n) is 13.0. The molecule has 2 heteroatoms. The summed E-state index contributed by atoms with van der Waals surface area (Å²) in [5, 5.41) is 0. The summed E-state index contributed by atoms with van der Waals surface area (Å²) in [6.07, 6.45) is 6.65. The number of para-hydroxylation sites is 1. The molecule has 110 valence electrons. The molecule has 0 aliphatic heterocycles. The molecule has 1 aromatic carbocycles. The van der Waals surface area contributed by atoms with Crippen molar-refractivity contribution in [3.63, 3.8) is 0 Å². The van der Waals surface area contributed by atoms with E-state index in [9.17, 15) is 0 Å². The lowest BCUT2D eigenvalue weighted by Crippen LogP contribution is -2.42. The van der Waals surface area contributed by atoms with Crippen LogP contribution in [0.5, 0.6) is 0 Å². The fourth-order valence-corrected chi connectivity index (χ4v) is 3.24. The number of hydrogen-bond donors (Lipinski definition) is 0. The van der Waals surface area contributed by atoms with Crippen LogP contribution in [-0.2, 0) is 0 Å². The van der Waals surface area contributed by atoms with Crippen molar-refractivity contribution >= 4 is 5.69 Å². The zero-order chi connectivity index (χ0) is 14.4. The van der Waals surface area contributed by atoms with Crippen molar-refractivity contribution in [2.45, 2.75) is 52.0 Å². The second-order valence-corrected chi connectivity index (χ2v) is 5.59. The Hall–Kier alpha value is -1.44. The molecule has 0 spiro atoms. The van der Waals surface area contributed by atoms with Crippen LogP contribution in [0, 0.1) is 0 Å². The monoisotopic (exact) mass is 272 g/mol. The topological polar surface area (TPSA) is 6.48 Å². The number of rotatable bonds is 6. The van der Waals surface area contributed by atoms with E-state index in [-0.39, 0.29) is 0 Å². The Kier molecular flexibility index (Phi) is 5.51. The van der Waals surface area contributed by atoms with Crippen LogP contribution in [0.25, 0.3) is 0 Å². The molecule has 2 rings (SSSR count). The zero-order valence-corrected chi connectivity index (χ0v) is 13.0. The first-order valence-electron chi connectivity index (χ1n) is 8.06. The van der Waals surface area contributed by atoms with E-state index in [1.165, 1.54) is 37.8 Å². The quantitative estimate of drug-likeness (QED) is 0.744. The summed E-state index contributed by atoms with van der Waals surface area (Å²) < 4.78 is 0. The third kappa shape index (κ3) is 3.36. The molecule has 20 heavy (non-hydrogen) atoms. The Morgan fingerprint density at radius 2 is 1.65 bits per heavy atom. The van der Waals surface area contributed by atoms with Gasteiger partial charge in [0, 0.05) is 24.8 Å². The maximum Gasteiger partial charge on any atom is 0.101 e. The van der Waals surface area contributed by atoms with Gasteiger partial charge in [-0.05, 0) is 38.8 Å². The maximum absolute atomic E-state index is 4.40. The third-order valence-electron chi connectivity index (χ3n) is 4.38. The second-order valence-electron chi connectivity index (χ2n) is 5.59. The fourth-order valence-electron chi connectivity index (χ4n) is 3.24. The van der Waals surface area contributed by atoms with Crippen molar-refractivity contribution in [1.82, 2.24) is 4.90 Å². The van der Waals surface area contributed by atoms with Gasteiger partial charge < -0.3 is 9.80 Å². The molecule has 1 fully saturated rings. The Morgan fingerprint density at radius 3 is 2.20 bits per heavy atom. The van der Waals surface area contributed by atoms with Crippen molar-refractivity contribution in [2.24, 2.45) is 0 Å². The second kappa shape index (κ2) is 7.37. The van der Waals surface area contributed by atoms with E-state index in [1.807, 2.05) is 0 Å². The van der Waals surface area contributed by atoms with Crippen LogP contribution >= 0.6 is 0 Å². The lowest BCUT2D eigenvalue weighted by atomic mass is 9.93. The van der Waals surface area contributed by atoms with E-state index in [0.717, 1.165) is 18.9 Å². The molecule has 0 heterocycles. The van der Waals surface area contributed by atoms with Gasteiger partial charge in [0.25, 0.3) is 0 Å². The van der Waals surface area contributed by atoms with Gasteiger partial charge in [-0.2, -0.15) is 0 Å². The molecule has 1 saturated carbocycles. The van der Waals surface area contributed by atoms with Gasteiger partial charge in [-0.15, -0.1) is 0 Å². The minimum Gasteiger partial charge on any atom is -0.359 e. The highest BCUT2D eigenvalue weighted by Crippen LogP contribution is 2.31. The highest BCUT2D eigenvalue weighted by Gasteiger charge is 2.25. The van der Waals surface area contributed by atoms with Crippen molar-refractivity contribution in [1.29, 1.82) is 0 Å². The molecule has 0 bridgehead atoms. The van der Waals surface area contributed by atoms with E-state index in [4.69, 9.17) is 0 Å². The highest BCUT2D eigenvalue weighted by molar-refractivity contribution is 5.52. The Labute approximate surface area is 124 Å². The average Bonchev–Trinajstić information content (AvgIpc) is 2.51. The average molecular weight is 272 g/mol. The lowest BCUT2D eigenvalue weighted by molar-refractivity contribution is 0.339. The van der Waals surface area contributed by atoms with Crippen LogP contribution in [0.4, 0.5) is 5.69 Å². The van der Waals surface area contributed by atoms with Gasteiger partial charge in [0.05, 0.1) is 0 Å². The predicted octanol–water partition coefficient (Wildman–Crippen LogP) is 4.64. The molecular weight excluding hydrogens is 244 g/mol. The molecule has 1 aromatic rings. The number of hydrogen-bond acceptors (Lipinski definition) is 2. The van der Waals surface area contributed by atoms with Crippen LogP contribution in [0.1, 0.15) is 46.0 Å². The Bertz CT molecular complexity index is 403. The van der Waals surface area contributed by atoms with E-state index in [2.05, 4.69) is 60.6 Å². The van der Waals surface area contributed by atoms with Gasteiger partial charge in [0.15, 0.2) is 0 Å². The molecule has 0 N–H and O–H groups in total. The highest BCUT2D eigenvalue weighted by atomic mass is 15.3.